The number of rotatable bonds is 21. The van der Waals surface area contributed by atoms with Crippen molar-refractivity contribution < 1.29 is 39.0 Å². The van der Waals surface area contributed by atoms with Crippen molar-refractivity contribution in [3.63, 3.8) is 0 Å². The van der Waals surface area contributed by atoms with E-state index in [4.69, 9.17) is 22.9 Å². The first-order chi connectivity index (χ1) is 20.8. The quantitative estimate of drug-likeness (QED) is 0.0370. The van der Waals surface area contributed by atoms with Gasteiger partial charge in [0.25, 0.3) is 0 Å². The number of aliphatic carboxylic acids is 2. The van der Waals surface area contributed by atoms with Crippen molar-refractivity contribution in [3.05, 3.63) is 35.9 Å². The van der Waals surface area contributed by atoms with Crippen LogP contribution in [0.15, 0.2) is 35.3 Å². The summed E-state index contributed by atoms with van der Waals surface area (Å²) in [6.07, 6.45) is 0.813. The summed E-state index contributed by atoms with van der Waals surface area (Å²) in [4.78, 5) is 78.0. The maximum Gasteiger partial charge on any atom is 0.326 e. The van der Waals surface area contributed by atoms with E-state index in [0.29, 0.717) is 31.4 Å². The Labute approximate surface area is 254 Å². The SMILES string of the molecule is NCCCCC(NC(=O)C(Cc1ccccc1)NC(=O)C(CC(=O)O)NC(=O)CNC(=O)C(N)CCCN=C(N)N)C(=O)O. The van der Waals surface area contributed by atoms with E-state index in [1.54, 1.807) is 30.3 Å². The lowest BCUT2D eigenvalue weighted by atomic mass is 10.0. The van der Waals surface area contributed by atoms with Crippen molar-refractivity contribution in [2.75, 3.05) is 19.6 Å². The van der Waals surface area contributed by atoms with Crippen molar-refractivity contribution in [2.24, 2.45) is 27.9 Å². The third-order valence-corrected chi connectivity index (χ3v) is 6.24. The van der Waals surface area contributed by atoms with Gasteiger partial charge in [-0.1, -0.05) is 30.3 Å². The van der Waals surface area contributed by atoms with Crippen LogP contribution in [-0.4, -0.2) is 95.5 Å². The summed E-state index contributed by atoms with van der Waals surface area (Å²) < 4.78 is 0. The highest BCUT2D eigenvalue weighted by molar-refractivity contribution is 5.96. The summed E-state index contributed by atoms with van der Waals surface area (Å²) in [6, 6.07) is 3.36. The van der Waals surface area contributed by atoms with Crippen LogP contribution in [-0.2, 0) is 35.2 Å². The number of carbonyl (C=O) groups excluding carboxylic acids is 4. The number of carbonyl (C=O) groups is 6. The summed E-state index contributed by atoms with van der Waals surface area (Å²) in [5.41, 5.74) is 22.3. The Morgan fingerprint density at radius 2 is 1.43 bits per heavy atom. The zero-order valence-corrected chi connectivity index (χ0v) is 24.4. The Morgan fingerprint density at radius 1 is 0.795 bits per heavy atom. The van der Waals surface area contributed by atoms with Gasteiger partial charge in [-0.3, -0.25) is 29.0 Å². The molecule has 0 aliphatic rings. The molecule has 4 unspecified atom stereocenters. The molecule has 0 fully saturated rings. The fourth-order valence-electron chi connectivity index (χ4n) is 3.93. The van der Waals surface area contributed by atoms with Crippen molar-refractivity contribution in [1.82, 2.24) is 21.3 Å². The van der Waals surface area contributed by atoms with Crippen LogP contribution in [0, 0.1) is 0 Å². The number of aliphatic imine (C=N–C) groups is 1. The third-order valence-electron chi connectivity index (χ3n) is 6.24. The standard InChI is InChI=1S/C27H43N9O8/c28-11-5-4-10-18(26(43)44)35-24(41)19(13-16-7-2-1-3-8-16)36-25(42)20(14-22(38)39)34-21(37)15-33-23(40)17(29)9-6-12-32-27(30)31/h1-3,7-8,17-20H,4-6,9-15,28-29H2,(H,33,40)(H,34,37)(H,35,41)(H,36,42)(H,38,39)(H,43,44)(H4,30,31,32). The van der Waals surface area contributed by atoms with Gasteiger partial charge in [-0.15, -0.1) is 0 Å². The summed E-state index contributed by atoms with van der Waals surface area (Å²) in [7, 11) is 0. The molecule has 244 valence electrons. The molecule has 1 rings (SSSR count). The molecule has 0 aromatic heterocycles. The number of amides is 4. The largest absolute Gasteiger partial charge is 0.481 e. The van der Waals surface area contributed by atoms with Crippen molar-refractivity contribution in [1.29, 1.82) is 0 Å². The summed E-state index contributed by atoms with van der Waals surface area (Å²) in [6.45, 7) is -0.00792. The number of nitrogens with one attached hydrogen (secondary N) is 4. The number of carboxylic acids is 2. The Hall–Kier alpha value is -4.77. The fraction of sp³-hybridized carbons (Fsp3) is 0.519. The number of hydrogen-bond acceptors (Lipinski definition) is 9. The molecule has 1 aromatic rings. The highest BCUT2D eigenvalue weighted by Gasteiger charge is 2.31. The van der Waals surface area contributed by atoms with Crippen molar-refractivity contribution >= 4 is 41.5 Å². The van der Waals surface area contributed by atoms with Crippen LogP contribution in [0.5, 0.6) is 0 Å². The monoisotopic (exact) mass is 621 g/mol. The Morgan fingerprint density at radius 3 is 2.02 bits per heavy atom. The van der Waals surface area contributed by atoms with Crippen LogP contribution >= 0.6 is 0 Å². The summed E-state index contributed by atoms with van der Waals surface area (Å²) in [5.74, 6) is -6.17. The Bertz CT molecular complexity index is 1150. The predicted octanol–water partition coefficient (Wildman–Crippen LogP) is -3.13. The molecule has 17 nitrogen and oxygen atoms in total. The normalized spacial score (nSPS) is 13.3. The first-order valence-electron chi connectivity index (χ1n) is 14.0. The average Bonchev–Trinajstić information content (AvgIpc) is 2.96. The zero-order chi connectivity index (χ0) is 33.1. The number of nitrogens with two attached hydrogens (primary N) is 4. The maximum absolute atomic E-state index is 13.2. The van der Waals surface area contributed by atoms with Gasteiger partial charge < -0.3 is 54.4 Å². The molecule has 0 aliphatic carbocycles. The van der Waals surface area contributed by atoms with E-state index < -0.39 is 72.7 Å². The van der Waals surface area contributed by atoms with E-state index in [-0.39, 0.29) is 31.8 Å². The van der Waals surface area contributed by atoms with Gasteiger partial charge in [-0.2, -0.15) is 0 Å². The first-order valence-corrected chi connectivity index (χ1v) is 14.0. The lowest BCUT2D eigenvalue weighted by molar-refractivity contribution is -0.143. The molecule has 14 N–H and O–H groups in total. The first kappa shape index (κ1) is 37.3. The second-order valence-electron chi connectivity index (χ2n) is 9.93. The number of nitrogens with zero attached hydrogens (tertiary/aromatic N) is 1. The number of hydrogen-bond donors (Lipinski definition) is 10. The van der Waals surface area contributed by atoms with Gasteiger partial charge in [0.15, 0.2) is 5.96 Å². The molecule has 1 aromatic carbocycles. The number of benzene rings is 1. The van der Waals surface area contributed by atoms with Crippen LogP contribution in [0.2, 0.25) is 0 Å². The minimum absolute atomic E-state index is 0.0571. The van der Waals surface area contributed by atoms with E-state index in [2.05, 4.69) is 26.3 Å². The van der Waals surface area contributed by atoms with Gasteiger partial charge in [0.05, 0.1) is 19.0 Å². The molecule has 0 bridgehead atoms. The summed E-state index contributed by atoms with van der Waals surface area (Å²) >= 11 is 0. The molecular weight excluding hydrogens is 578 g/mol. The minimum atomic E-state index is -1.63. The summed E-state index contributed by atoms with van der Waals surface area (Å²) in [5, 5.41) is 28.3. The second-order valence-corrected chi connectivity index (χ2v) is 9.93. The highest BCUT2D eigenvalue weighted by atomic mass is 16.4. The van der Waals surface area contributed by atoms with Gasteiger partial charge in [-0.05, 0) is 44.2 Å². The number of guanidine groups is 1. The molecule has 0 radical (unpaired) electrons. The lowest BCUT2D eigenvalue weighted by Crippen LogP contribution is -2.57. The van der Waals surface area contributed by atoms with Crippen LogP contribution in [0.3, 0.4) is 0 Å². The molecule has 4 amide bonds. The molecule has 0 heterocycles. The molecule has 44 heavy (non-hydrogen) atoms. The van der Waals surface area contributed by atoms with Gasteiger partial charge in [-0.25, -0.2) is 4.79 Å². The van der Waals surface area contributed by atoms with Gasteiger partial charge in [0.1, 0.15) is 18.1 Å². The van der Waals surface area contributed by atoms with Crippen LogP contribution < -0.4 is 44.2 Å². The van der Waals surface area contributed by atoms with Gasteiger partial charge >= 0.3 is 11.9 Å². The second kappa shape index (κ2) is 20.2. The fourth-order valence-corrected chi connectivity index (χ4v) is 3.93. The van der Waals surface area contributed by atoms with Crippen LogP contribution in [0.25, 0.3) is 0 Å². The number of carboxylic acid groups (broad SMARTS) is 2. The third kappa shape index (κ3) is 15.5. The van der Waals surface area contributed by atoms with E-state index >= 15 is 0 Å². The maximum atomic E-state index is 13.2. The van der Waals surface area contributed by atoms with E-state index in [0.717, 1.165) is 0 Å². The smallest absolute Gasteiger partial charge is 0.326 e. The highest BCUT2D eigenvalue weighted by Crippen LogP contribution is 2.07. The van der Waals surface area contributed by atoms with Gasteiger partial charge in [0, 0.05) is 13.0 Å². The zero-order valence-electron chi connectivity index (χ0n) is 24.4. The molecular formula is C27H43N9O8. The molecule has 0 saturated carbocycles. The molecule has 4 atom stereocenters. The molecule has 17 heteroatoms. The Kier molecular flexibility index (Phi) is 17.1. The number of unbranched alkanes of at least 4 members (excludes halogenated alkanes) is 1. The van der Waals surface area contributed by atoms with Crippen molar-refractivity contribution in [2.45, 2.75) is 69.1 Å². The topological polar surface area (TPSA) is 307 Å². The molecule has 0 aliphatic heterocycles. The predicted molar refractivity (Wildman–Crippen MR) is 160 cm³/mol. The van der Waals surface area contributed by atoms with Gasteiger partial charge in [0.2, 0.25) is 23.6 Å². The lowest BCUT2D eigenvalue weighted by Gasteiger charge is -2.24. The van der Waals surface area contributed by atoms with Crippen LogP contribution in [0.1, 0.15) is 44.1 Å². The minimum Gasteiger partial charge on any atom is -0.481 e. The van der Waals surface area contributed by atoms with Crippen molar-refractivity contribution in [3.8, 4) is 0 Å². The van der Waals surface area contributed by atoms with E-state index in [1.165, 1.54) is 0 Å². The van der Waals surface area contributed by atoms with Crippen LogP contribution in [0.4, 0.5) is 0 Å². The van der Waals surface area contributed by atoms with E-state index in [1.807, 2.05) is 0 Å². The van der Waals surface area contributed by atoms with E-state index in [9.17, 15) is 39.0 Å². The Balaban J connectivity index is 2.94. The molecule has 0 spiro atoms. The molecule has 0 saturated heterocycles. The average molecular weight is 622 g/mol.